The molecule has 2 aromatic heterocycles. The lowest BCUT2D eigenvalue weighted by Crippen LogP contribution is -2.30. The second-order valence-corrected chi connectivity index (χ2v) is 6.25. The lowest BCUT2D eigenvalue weighted by molar-refractivity contribution is 0.0938. The Hall–Kier alpha value is -3.07. The average molecular weight is 373 g/mol. The zero-order valence-electron chi connectivity index (χ0n) is 15.5. The first-order valence-corrected chi connectivity index (χ1v) is 8.71. The van der Waals surface area contributed by atoms with Gasteiger partial charge in [0, 0.05) is 14.1 Å². The Morgan fingerprint density at radius 1 is 1.30 bits per heavy atom. The molecule has 2 heterocycles. The summed E-state index contributed by atoms with van der Waals surface area (Å²) in [5.41, 5.74) is 0.574. The Morgan fingerprint density at radius 2 is 2.00 bits per heavy atom. The molecule has 0 aliphatic rings. The van der Waals surface area contributed by atoms with Crippen LogP contribution in [0.25, 0.3) is 11.2 Å². The van der Waals surface area contributed by atoms with E-state index in [1.165, 1.54) is 17.2 Å². The molecule has 0 radical (unpaired) electrons. The molecule has 0 bridgehead atoms. The van der Waals surface area contributed by atoms with Gasteiger partial charge in [0.1, 0.15) is 18.5 Å². The summed E-state index contributed by atoms with van der Waals surface area (Å²) in [6.45, 7) is 2.21. The van der Waals surface area contributed by atoms with E-state index in [0.717, 1.165) is 6.42 Å². The Labute approximate surface area is 155 Å². The molecule has 1 aromatic carbocycles. The molecule has 27 heavy (non-hydrogen) atoms. The first-order chi connectivity index (χ1) is 12.9. The lowest BCUT2D eigenvalue weighted by Gasteiger charge is -2.15. The van der Waals surface area contributed by atoms with Crippen LogP contribution >= 0.6 is 0 Å². The summed E-state index contributed by atoms with van der Waals surface area (Å²) < 4.78 is 8.43. The molecule has 0 aliphatic heterocycles. The van der Waals surface area contributed by atoms with Gasteiger partial charge in [-0.25, -0.2) is 4.79 Å². The third kappa shape index (κ3) is 3.72. The van der Waals surface area contributed by atoms with Crippen molar-refractivity contribution in [3.63, 3.8) is 0 Å². The largest absolute Gasteiger partial charge is 0.491 e. The molecule has 0 saturated heterocycles. The molecule has 0 fully saturated rings. The van der Waals surface area contributed by atoms with Crippen molar-refractivity contribution in [2.75, 3.05) is 19.0 Å². The second kappa shape index (κ2) is 7.67. The van der Waals surface area contributed by atoms with Crippen molar-refractivity contribution in [1.29, 1.82) is 0 Å². The van der Waals surface area contributed by atoms with Crippen LogP contribution < -0.4 is 21.3 Å². The lowest BCUT2D eigenvalue weighted by atomic mass is 10.2. The predicted molar refractivity (Wildman–Crippen MR) is 102 cm³/mol. The van der Waals surface area contributed by atoms with Gasteiger partial charge >= 0.3 is 5.69 Å². The number of fused-ring (bicyclic) bond motifs is 1. The number of aliphatic hydroxyl groups is 1. The molecule has 9 nitrogen and oxygen atoms in total. The maximum atomic E-state index is 12.3. The molecule has 3 N–H and O–H groups in total. The van der Waals surface area contributed by atoms with Crippen LogP contribution in [0.2, 0.25) is 0 Å². The number of benzene rings is 1. The van der Waals surface area contributed by atoms with Gasteiger partial charge in [-0.05, 0) is 24.1 Å². The van der Waals surface area contributed by atoms with Crippen LogP contribution in [0.3, 0.4) is 0 Å². The molecule has 9 heteroatoms. The van der Waals surface area contributed by atoms with Gasteiger partial charge < -0.3 is 19.7 Å². The number of anilines is 1. The predicted octanol–water partition coefficient (Wildman–Crippen LogP) is 0.467. The molecule has 0 spiro atoms. The topological polar surface area (TPSA) is 114 Å². The summed E-state index contributed by atoms with van der Waals surface area (Å²) in [5, 5.41) is 13.3. The van der Waals surface area contributed by atoms with Crippen LogP contribution in [0.15, 0.2) is 33.9 Å². The maximum absolute atomic E-state index is 12.3. The van der Waals surface area contributed by atoms with Gasteiger partial charge in [0.15, 0.2) is 11.2 Å². The number of H-pyrrole nitrogens is 1. The summed E-state index contributed by atoms with van der Waals surface area (Å²) in [4.78, 5) is 30.5. The molecule has 3 rings (SSSR count). The van der Waals surface area contributed by atoms with Crippen LogP contribution in [0.4, 0.5) is 5.95 Å². The molecule has 1 atom stereocenters. The number of imidazole rings is 1. The summed E-state index contributed by atoms with van der Waals surface area (Å²) in [6.07, 6.45) is 0.0671. The van der Waals surface area contributed by atoms with Crippen LogP contribution in [-0.4, -0.2) is 44.0 Å². The van der Waals surface area contributed by atoms with E-state index in [2.05, 4.69) is 22.2 Å². The molecular weight excluding hydrogens is 350 g/mol. The van der Waals surface area contributed by atoms with Crippen LogP contribution in [0.1, 0.15) is 12.5 Å². The minimum atomic E-state index is -0.878. The van der Waals surface area contributed by atoms with Crippen molar-refractivity contribution in [1.82, 2.24) is 19.1 Å². The molecule has 0 saturated carbocycles. The number of hydrogen-bond donors (Lipinski definition) is 3. The normalized spacial score (nSPS) is 12.3. The van der Waals surface area contributed by atoms with Crippen molar-refractivity contribution in [2.45, 2.75) is 26.0 Å². The highest BCUT2D eigenvalue weighted by atomic mass is 16.5. The third-order valence-electron chi connectivity index (χ3n) is 4.40. The number of nitrogens with zero attached hydrogens (tertiary/aromatic N) is 3. The maximum Gasteiger partial charge on any atom is 0.329 e. The third-order valence-corrected chi connectivity index (χ3v) is 4.40. The number of aromatic amines is 1. The van der Waals surface area contributed by atoms with Gasteiger partial charge in [-0.2, -0.15) is 4.98 Å². The number of hydrogen-bond acceptors (Lipinski definition) is 6. The number of aromatic nitrogens is 4. The van der Waals surface area contributed by atoms with Crippen LogP contribution in [0.5, 0.6) is 5.75 Å². The van der Waals surface area contributed by atoms with Gasteiger partial charge in [-0.1, -0.05) is 19.1 Å². The van der Waals surface area contributed by atoms with E-state index in [4.69, 9.17) is 4.74 Å². The van der Waals surface area contributed by atoms with Gasteiger partial charge in [0.25, 0.3) is 5.56 Å². The van der Waals surface area contributed by atoms with Gasteiger partial charge in [-0.15, -0.1) is 0 Å². The van der Waals surface area contributed by atoms with Crippen molar-refractivity contribution in [3.8, 4) is 5.75 Å². The monoisotopic (exact) mass is 373 g/mol. The fraction of sp³-hybridized carbons (Fsp3) is 0.389. The SMILES string of the molecule is CCc1ccc(OC[C@H](O)Cn2c(NC)nc3c2c(=O)[nH]c(=O)n3C)cc1. The van der Waals surface area contributed by atoms with E-state index < -0.39 is 17.4 Å². The van der Waals surface area contributed by atoms with Crippen LogP contribution in [-0.2, 0) is 20.0 Å². The Morgan fingerprint density at radius 3 is 2.63 bits per heavy atom. The number of aryl methyl sites for hydroxylation is 2. The Bertz CT molecular complexity index is 1050. The highest BCUT2D eigenvalue weighted by molar-refractivity contribution is 5.74. The second-order valence-electron chi connectivity index (χ2n) is 6.25. The zero-order valence-corrected chi connectivity index (χ0v) is 15.5. The zero-order chi connectivity index (χ0) is 19.6. The molecular formula is C18H23N5O4. The quantitative estimate of drug-likeness (QED) is 0.555. The van der Waals surface area contributed by atoms with Gasteiger partial charge in [-0.3, -0.25) is 14.3 Å². The molecule has 0 aliphatic carbocycles. The average Bonchev–Trinajstić information content (AvgIpc) is 3.04. The van der Waals surface area contributed by atoms with Crippen LogP contribution in [0, 0.1) is 0 Å². The highest BCUT2D eigenvalue weighted by Gasteiger charge is 2.19. The molecule has 0 amide bonds. The fourth-order valence-electron chi connectivity index (χ4n) is 2.88. The van der Waals surface area contributed by atoms with E-state index in [0.29, 0.717) is 11.7 Å². The van der Waals surface area contributed by atoms with Crippen molar-refractivity contribution >= 4 is 17.1 Å². The smallest absolute Gasteiger partial charge is 0.329 e. The first kappa shape index (κ1) is 18.7. The minimum absolute atomic E-state index is 0.0535. The first-order valence-electron chi connectivity index (χ1n) is 8.71. The molecule has 3 aromatic rings. The summed E-state index contributed by atoms with van der Waals surface area (Å²) >= 11 is 0. The van der Waals surface area contributed by atoms with Gasteiger partial charge in [0.2, 0.25) is 5.95 Å². The number of ether oxygens (including phenoxy) is 1. The Balaban J connectivity index is 1.81. The van der Waals surface area contributed by atoms with Crippen molar-refractivity contribution in [2.24, 2.45) is 7.05 Å². The highest BCUT2D eigenvalue weighted by Crippen LogP contribution is 2.17. The number of nitrogens with one attached hydrogen (secondary N) is 2. The summed E-state index contributed by atoms with van der Waals surface area (Å²) in [6, 6.07) is 7.67. The van der Waals surface area contributed by atoms with E-state index in [-0.39, 0.29) is 24.3 Å². The number of aliphatic hydroxyl groups excluding tert-OH is 1. The Kier molecular flexibility index (Phi) is 5.31. The van der Waals surface area contributed by atoms with E-state index in [9.17, 15) is 14.7 Å². The van der Waals surface area contributed by atoms with Crippen molar-refractivity contribution in [3.05, 3.63) is 50.7 Å². The van der Waals surface area contributed by atoms with E-state index in [1.807, 2.05) is 24.3 Å². The fourth-order valence-corrected chi connectivity index (χ4v) is 2.88. The minimum Gasteiger partial charge on any atom is -0.491 e. The van der Waals surface area contributed by atoms with Gasteiger partial charge in [0.05, 0.1) is 6.54 Å². The molecule has 0 unspecified atom stereocenters. The standard InChI is InChI=1S/C18H23N5O4/c1-4-11-5-7-13(8-6-11)27-10-12(24)9-23-14-15(20-17(23)19-2)22(3)18(26)21-16(14)25/h5-8,12,24H,4,9-10H2,1-3H3,(H,19,20)(H,21,25,26)/t12-/m1/s1. The van der Waals surface area contributed by atoms with Crippen molar-refractivity contribution < 1.29 is 9.84 Å². The summed E-state index contributed by atoms with van der Waals surface area (Å²) in [5.74, 6) is 1.04. The van der Waals surface area contributed by atoms with E-state index in [1.54, 1.807) is 11.6 Å². The molecule has 144 valence electrons. The van der Waals surface area contributed by atoms with E-state index >= 15 is 0 Å². The summed E-state index contributed by atoms with van der Waals surface area (Å²) in [7, 11) is 3.18. The number of rotatable bonds is 7.